The predicted octanol–water partition coefficient (Wildman–Crippen LogP) is 2.68. The highest BCUT2D eigenvalue weighted by atomic mass is 14.9. The van der Waals surface area contributed by atoms with Gasteiger partial charge in [-0.15, -0.1) is 0 Å². The van der Waals surface area contributed by atoms with E-state index < -0.39 is 0 Å². The van der Waals surface area contributed by atoms with Crippen molar-refractivity contribution in [1.29, 1.82) is 5.26 Å². The summed E-state index contributed by atoms with van der Waals surface area (Å²) in [4.78, 5) is 0. The SMILES string of the molecule is CC(c1ccccc1)C(C#N)NCC1CC1. The molecule has 0 heterocycles. The molecule has 1 aliphatic carbocycles. The van der Waals surface area contributed by atoms with Crippen LogP contribution in [0, 0.1) is 17.2 Å². The number of hydrogen-bond acceptors (Lipinski definition) is 2. The van der Waals surface area contributed by atoms with Crippen LogP contribution in [0.4, 0.5) is 0 Å². The first-order valence-corrected chi connectivity index (χ1v) is 5.99. The standard InChI is InChI=1S/C14H18N2/c1-11(13-5-3-2-4-6-13)14(9-15)16-10-12-7-8-12/h2-6,11-12,14,16H,7-8,10H2,1H3. The highest BCUT2D eigenvalue weighted by molar-refractivity contribution is 5.22. The van der Waals surface area contributed by atoms with Crippen LogP contribution in [0.25, 0.3) is 0 Å². The molecule has 2 nitrogen and oxygen atoms in total. The summed E-state index contributed by atoms with van der Waals surface area (Å²) in [6.07, 6.45) is 2.65. The molecule has 0 saturated heterocycles. The van der Waals surface area contributed by atoms with Gasteiger partial charge in [0.05, 0.1) is 6.07 Å². The smallest absolute Gasteiger partial charge is 0.102 e. The van der Waals surface area contributed by atoms with Crippen molar-refractivity contribution in [1.82, 2.24) is 5.32 Å². The maximum absolute atomic E-state index is 9.18. The third-order valence-electron chi connectivity index (χ3n) is 3.29. The first kappa shape index (κ1) is 11.2. The van der Waals surface area contributed by atoms with Gasteiger partial charge in [0.25, 0.3) is 0 Å². The number of nitrogens with zero attached hydrogens (tertiary/aromatic N) is 1. The van der Waals surface area contributed by atoms with E-state index in [0.717, 1.165) is 12.5 Å². The monoisotopic (exact) mass is 214 g/mol. The molecule has 0 aromatic heterocycles. The lowest BCUT2D eigenvalue weighted by atomic mass is 9.94. The Bertz CT molecular complexity index is 362. The van der Waals surface area contributed by atoms with Crippen molar-refractivity contribution in [2.24, 2.45) is 5.92 Å². The predicted molar refractivity (Wildman–Crippen MR) is 65.0 cm³/mol. The Morgan fingerprint density at radius 1 is 1.38 bits per heavy atom. The zero-order valence-electron chi connectivity index (χ0n) is 9.69. The summed E-state index contributed by atoms with van der Waals surface area (Å²) < 4.78 is 0. The fraction of sp³-hybridized carbons (Fsp3) is 0.500. The van der Waals surface area contributed by atoms with Crippen LogP contribution in [0.15, 0.2) is 30.3 Å². The van der Waals surface area contributed by atoms with Crippen molar-refractivity contribution in [2.45, 2.75) is 31.7 Å². The molecule has 0 amide bonds. The minimum absolute atomic E-state index is 0.0667. The van der Waals surface area contributed by atoms with Gasteiger partial charge in [0.1, 0.15) is 6.04 Å². The molecule has 1 aromatic carbocycles. The number of nitriles is 1. The van der Waals surface area contributed by atoms with Crippen LogP contribution >= 0.6 is 0 Å². The van der Waals surface area contributed by atoms with Gasteiger partial charge >= 0.3 is 0 Å². The Labute approximate surface area is 97.3 Å². The van der Waals surface area contributed by atoms with Crippen molar-refractivity contribution in [2.75, 3.05) is 6.54 Å². The molecule has 84 valence electrons. The van der Waals surface area contributed by atoms with Crippen molar-refractivity contribution in [3.8, 4) is 6.07 Å². The summed E-state index contributed by atoms with van der Waals surface area (Å²) in [6.45, 7) is 3.11. The Morgan fingerprint density at radius 2 is 2.06 bits per heavy atom. The van der Waals surface area contributed by atoms with Gasteiger partial charge in [0, 0.05) is 5.92 Å². The van der Waals surface area contributed by atoms with Gasteiger partial charge in [-0.1, -0.05) is 37.3 Å². The van der Waals surface area contributed by atoms with Crippen LogP contribution in [0.2, 0.25) is 0 Å². The molecule has 1 N–H and O–H groups in total. The molecule has 0 spiro atoms. The minimum Gasteiger partial charge on any atom is -0.301 e. The fourth-order valence-corrected chi connectivity index (χ4v) is 1.90. The highest BCUT2D eigenvalue weighted by Crippen LogP contribution is 2.28. The second-order valence-corrected chi connectivity index (χ2v) is 4.66. The summed E-state index contributed by atoms with van der Waals surface area (Å²) in [6, 6.07) is 12.6. The van der Waals surface area contributed by atoms with Crippen LogP contribution in [0.3, 0.4) is 0 Å². The Balaban J connectivity index is 1.94. The molecular formula is C14H18N2. The Kier molecular flexibility index (Phi) is 3.58. The van der Waals surface area contributed by atoms with E-state index in [0.29, 0.717) is 0 Å². The molecule has 2 heteroatoms. The molecule has 0 bridgehead atoms. The highest BCUT2D eigenvalue weighted by Gasteiger charge is 2.24. The van der Waals surface area contributed by atoms with Crippen LogP contribution in [0.5, 0.6) is 0 Å². The van der Waals surface area contributed by atoms with E-state index in [1.165, 1.54) is 18.4 Å². The van der Waals surface area contributed by atoms with Crippen LogP contribution in [0.1, 0.15) is 31.2 Å². The van der Waals surface area contributed by atoms with E-state index >= 15 is 0 Å². The molecule has 1 aliphatic rings. The van der Waals surface area contributed by atoms with E-state index in [2.05, 4.69) is 30.4 Å². The summed E-state index contributed by atoms with van der Waals surface area (Å²) >= 11 is 0. The van der Waals surface area contributed by atoms with Crippen LogP contribution in [-0.2, 0) is 0 Å². The number of rotatable bonds is 5. The third-order valence-corrected chi connectivity index (χ3v) is 3.29. The van der Waals surface area contributed by atoms with Gasteiger partial charge < -0.3 is 5.32 Å². The largest absolute Gasteiger partial charge is 0.301 e. The summed E-state index contributed by atoms with van der Waals surface area (Å²) in [7, 11) is 0. The molecule has 2 rings (SSSR count). The molecule has 1 fully saturated rings. The number of hydrogen-bond donors (Lipinski definition) is 1. The van der Waals surface area contributed by atoms with Crippen molar-refractivity contribution in [3.63, 3.8) is 0 Å². The van der Waals surface area contributed by atoms with Gasteiger partial charge in [-0.2, -0.15) is 5.26 Å². The Hall–Kier alpha value is -1.33. The van der Waals surface area contributed by atoms with Crippen molar-refractivity contribution < 1.29 is 0 Å². The lowest BCUT2D eigenvalue weighted by molar-refractivity contribution is 0.514. The molecule has 1 saturated carbocycles. The molecule has 0 radical (unpaired) electrons. The van der Waals surface area contributed by atoms with E-state index in [1.807, 2.05) is 18.2 Å². The molecule has 2 atom stereocenters. The number of nitrogens with one attached hydrogen (secondary N) is 1. The summed E-state index contributed by atoms with van der Waals surface area (Å²) in [5.74, 6) is 1.07. The van der Waals surface area contributed by atoms with Gasteiger partial charge in [0.15, 0.2) is 0 Å². The van der Waals surface area contributed by atoms with E-state index in [1.54, 1.807) is 0 Å². The average molecular weight is 214 g/mol. The third kappa shape index (κ3) is 2.84. The minimum atomic E-state index is -0.0667. The lowest BCUT2D eigenvalue weighted by Gasteiger charge is -2.19. The van der Waals surface area contributed by atoms with Crippen molar-refractivity contribution in [3.05, 3.63) is 35.9 Å². The molecule has 0 aliphatic heterocycles. The maximum atomic E-state index is 9.18. The van der Waals surface area contributed by atoms with Gasteiger partial charge in [-0.05, 0) is 30.9 Å². The van der Waals surface area contributed by atoms with E-state index in [9.17, 15) is 5.26 Å². The average Bonchev–Trinajstić information content (AvgIpc) is 3.15. The normalized spacial score (nSPS) is 18.8. The topological polar surface area (TPSA) is 35.8 Å². The second-order valence-electron chi connectivity index (χ2n) is 4.66. The van der Waals surface area contributed by atoms with E-state index in [4.69, 9.17) is 0 Å². The van der Waals surface area contributed by atoms with Crippen LogP contribution < -0.4 is 5.32 Å². The van der Waals surface area contributed by atoms with Crippen molar-refractivity contribution >= 4 is 0 Å². The molecule has 1 aromatic rings. The fourth-order valence-electron chi connectivity index (χ4n) is 1.90. The zero-order valence-corrected chi connectivity index (χ0v) is 9.69. The molecule has 16 heavy (non-hydrogen) atoms. The Morgan fingerprint density at radius 3 is 2.62 bits per heavy atom. The first-order valence-electron chi connectivity index (χ1n) is 5.99. The number of benzene rings is 1. The molecule has 2 unspecified atom stereocenters. The molecular weight excluding hydrogens is 196 g/mol. The van der Waals surface area contributed by atoms with Gasteiger partial charge in [-0.25, -0.2) is 0 Å². The van der Waals surface area contributed by atoms with Gasteiger partial charge in [0.2, 0.25) is 0 Å². The van der Waals surface area contributed by atoms with Gasteiger partial charge in [-0.3, -0.25) is 0 Å². The summed E-state index contributed by atoms with van der Waals surface area (Å²) in [5, 5.41) is 12.5. The maximum Gasteiger partial charge on any atom is 0.102 e. The second kappa shape index (κ2) is 5.14. The zero-order chi connectivity index (χ0) is 11.4. The van der Waals surface area contributed by atoms with Crippen LogP contribution in [-0.4, -0.2) is 12.6 Å². The summed E-state index contributed by atoms with van der Waals surface area (Å²) in [5.41, 5.74) is 1.23. The lowest BCUT2D eigenvalue weighted by Crippen LogP contribution is -2.33. The van der Waals surface area contributed by atoms with E-state index in [-0.39, 0.29) is 12.0 Å². The first-order chi connectivity index (χ1) is 7.81. The quantitative estimate of drug-likeness (QED) is 0.818.